The van der Waals surface area contributed by atoms with E-state index in [1.54, 1.807) is 11.1 Å². The molecule has 1 saturated carbocycles. The molecule has 0 aromatic heterocycles. The highest BCUT2D eigenvalue weighted by Gasteiger charge is 2.55. The van der Waals surface area contributed by atoms with Gasteiger partial charge in [0.05, 0.1) is 17.1 Å². The zero-order valence-corrected chi connectivity index (χ0v) is 21.2. The third kappa shape index (κ3) is 2.56. The Kier molecular flexibility index (Phi) is 4.00. The predicted octanol–water partition coefficient (Wildman–Crippen LogP) is 10.0. The highest BCUT2D eigenvalue weighted by Crippen LogP contribution is 2.68. The summed E-state index contributed by atoms with van der Waals surface area (Å²) < 4.78 is 0. The van der Waals surface area contributed by atoms with Gasteiger partial charge in [-0.05, 0) is 75.9 Å². The number of anilines is 3. The minimum absolute atomic E-state index is 0.116. The molecule has 1 spiro atoms. The Balaban J connectivity index is 1.45. The van der Waals surface area contributed by atoms with Crippen molar-refractivity contribution in [2.45, 2.75) is 30.6 Å². The predicted molar refractivity (Wildman–Crippen MR) is 159 cm³/mol. The van der Waals surface area contributed by atoms with E-state index >= 15 is 0 Å². The third-order valence-electron chi connectivity index (χ3n) is 9.58. The standard InChI is InChI=1S/C37H27N/c1-2-9-24(10-3-1)28-21-31-27-19-20-37(23-27)32-18-17-26-12-5-7-15-30(26)36(32)38(34(22-28)35(31)37)33-16-8-13-25-11-4-6-14-29(25)33/h1-18,21-22,27H,19-20,23H2. The Labute approximate surface area is 223 Å². The van der Waals surface area contributed by atoms with E-state index in [1.807, 2.05) is 0 Å². The Morgan fingerprint density at radius 3 is 2.21 bits per heavy atom. The van der Waals surface area contributed by atoms with Gasteiger partial charge in [0.2, 0.25) is 0 Å². The third-order valence-corrected chi connectivity index (χ3v) is 9.58. The van der Waals surface area contributed by atoms with Gasteiger partial charge in [0.1, 0.15) is 0 Å². The van der Waals surface area contributed by atoms with Gasteiger partial charge in [-0.1, -0.05) is 109 Å². The monoisotopic (exact) mass is 485 g/mol. The van der Waals surface area contributed by atoms with Gasteiger partial charge in [0.25, 0.3) is 0 Å². The molecule has 2 aliphatic carbocycles. The largest absolute Gasteiger partial charge is 0.309 e. The average molecular weight is 486 g/mol. The maximum absolute atomic E-state index is 2.62. The van der Waals surface area contributed by atoms with Gasteiger partial charge in [-0.15, -0.1) is 0 Å². The van der Waals surface area contributed by atoms with E-state index < -0.39 is 0 Å². The molecule has 0 amide bonds. The quantitative estimate of drug-likeness (QED) is 0.236. The average Bonchev–Trinajstić information content (AvgIpc) is 3.56. The molecule has 3 aliphatic rings. The second-order valence-electron chi connectivity index (χ2n) is 11.4. The number of rotatable bonds is 2. The van der Waals surface area contributed by atoms with Gasteiger partial charge in [-0.25, -0.2) is 0 Å². The summed E-state index contributed by atoms with van der Waals surface area (Å²) in [6, 6.07) is 45.4. The SMILES string of the molecule is c1ccc(-c2cc3c4c(c2)N(c2cccc5ccccc25)c2c(ccc5ccccc25)C42CCC3C2)cc1. The fourth-order valence-corrected chi connectivity index (χ4v) is 8.04. The lowest BCUT2D eigenvalue weighted by atomic mass is 9.69. The molecule has 38 heavy (non-hydrogen) atoms. The molecule has 2 bridgehead atoms. The van der Waals surface area contributed by atoms with Gasteiger partial charge < -0.3 is 4.90 Å². The van der Waals surface area contributed by atoms with Crippen LogP contribution in [0.4, 0.5) is 17.1 Å². The first-order chi connectivity index (χ1) is 18.8. The van der Waals surface area contributed by atoms with E-state index in [0.717, 1.165) is 0 Å². The maximum atomic E-state index is 2.62. The summed E-state index contributed by atoms with van der Waals surface area (Å²) in [5, 5.41) is 5.24. The minimum atomic E-state index is 0.116. The zero-order valence-electron chi connectivity index (χ0n) is 21.2. The summed E-state index contributed by atoms with van der Waals surface area (Å²) in [4.78, 5) is 2.62. The lowest BCUT2D eigenvalue weighted by Crippen LogP contribution is -2.33. The van der Waals surface area contributed by atoms with Crippen LogP contribution in [0.3, 0.4) is 0 Å². The normalized spacial score (nSPS) is 20.6. The fourth-order valence-electron chi connectivity index (χ4n) is 8.04. The maximum Gasteiger partial charge on any atom is 0.0581 e. The Hall–Kier alpha value is -4.36. The van der Waals surface area contributed by atoms with Crippen molar-refractivity contribution in [3.63, 3.8) is 0 Å². The summed E-state index contributed by atoms with van der Waals surface area (Å²) in [5.41, 5.74) is 11.5. The van der Waals surface area contributed by atoms with Crippen LogP contribution in [-0.2, 0) is 5.41 Å². The lowest BCUT2D eigenvalue weighted by Gasteiger charge is -2.44. The van der Waals surface area contributed by atoms with Gasteiger partial charge in [0.15, 0.2) is 0 Å². The minimum Gasteiger partial charge on any atom is -0.309 e. The van der Waals surface area contributed by atoms with Gasteiger partial charge in [0, 0.05) is 16.2 Å². The molecule has 1 fully saturated rings. The van der Waals surface area contributed by atoms with E-state index in [4.69, 9.17) is 0 Å². The summed E-state index contributed by atoms with van der Waals surface area (Å²) in [7, 11) is 0. The summed E-state index contributed by atoms with van der Waals surface area (Å²) >= 11 is 0. The topological polar surface area (TPSA) is 3.24 Å². The van der Waals surface area contributed by atoms with Crippen LogP contribution in [0.1, 0.15) is 41.9 Å². The van der Waals surface area contributed by atoms with Crippen LogP contribution in [0.15, 0.2) is 121 Å². The number of nitrogens with zero attached hydrogens (tertiary/aromatic N) is 1. The second kappa shape index (κ2) is 7.36. The molecule has 0 radical (unpaired) electrons. The molecule has 1 heteroatoms. The van der Waals surface area contributed by atoms with Crippen LogP contribution in [0.5, 0.6) is 0 Å². The molecule has 1 aliphatic heterocycles. The van der Waals surface area contributed by atoms with Gasteiger partial charge in [-0.2, -0.15) is 0 Å². The highest BCUT2D eigenvalue weighted by atomic mass is 15.2. The Morgan fingerprint density at radius 2 is 1.34 bits per heavy atom. The van der Waals surface area contributed by atoms with Crippen LogP contribution in [0.25, 0.3) is 32.7 Å². The molecule has 9 rings (SSSR count). The van der Waals surface area contributed by atoms with E-state index in [9.17, 15) is 0 Å². The molecular weight excluding hydrogens is 458 g/mol. The summed E-state index contributed by atoms with van der Waals surface area (Å²) in [6.45, 7) is 0. The van der Waals surface area contributed by atoms with E-state index in [2.05, 4.69) is 126 Å². The first-order valence-corrected chi connectivity index (χ1v) is 13.9. The van der Waals surface area contributed by atoms with Crippen molar-refractivity contribution >= 4 is 38.6 Å². The van der Waals surface area contributed by atoms with Crippen molar-refractivity contribution in [1.82, 2.24) is 0 Å². The molecule has 2 atom stereocenters. The van der Waals surface area contributed by atoms with Crippen molar-refractivity contribution in [3.05, 3.63) is 138 Å². The van der Waals surface area contributed by atoms with Crippen molar-refractivity contribution in [2.24, 2.45) is 0 Å². The van der Waals surface area contributed by atoms with E-state index in [0.29, 0.717) is 5.92 Å². The van der Waals surface area contributed by atoms with Crippen molar-refractivity contribution in [1.29, 1.82) is 0 Å². The molecule has 6 aromatic rings. The number of hydrogen-bond donors (Lipinski definition) is 0. The Morgan fingerprint density at radius 1 is 0.605 bits per heavy atom. The van der Waals surface area contributed by atoms with Crippen LogP contribution in [0.2, 0.25) is 0 Å². The fraction of sp³-hybridized carbons (Fsp3) is 0.135. The molecular formula is C37H27N. The van der Waals surface area contributed by atoms with Crippen LogP contribution in [0, 0.1) is 0 Å². The van der Waals surface area contributed by atoms with E-state index in [-0.39, 0.29) is 5.41 Å². The van der Waals surface area contributed by atoms with Crippen molar-refractivity contribution in [2.75, 3.05) is 4.90 Å². The van der Waals surface area contributed by atoms with Crippen molar-refractivity contribution < 1.29 is 0 Å². The van der Waals surface area contributed by atoms with Crippen molar-refractivity contribution in [3.8, 4) is 11.1 Å². The van der Waals surface area contributed by atoms with Gasteiger partial charge >= 0.3 is 0 Å². The zero-order chi connectivity index (χ0) is 24.8. The number of fused-ring (bicyclic) bond motifs is 6. The van der Waals surface area contributed by atoms with Gasteiger partial charge in [-0.3, -0.25) is 0 Å². The molecule has 0 N–H and O–H groups in total. The molecule has 1 heterocycles. The smallest absolute Gasteiger partial charge is 0.0581 e. The van der Waals surface area contributed by atoms with Crippen LogP contribution < -0.4 is 4.90 Å². The molecule has 2 unspecified atom stereocenters. The number of benzene rings is 6. The molecule has 180 valence electrons. The highest BCUT2D eigenvalue weighted by molar-refractivity contribution is 6.08. The first kappa shape index (κ1) is 20.7. The molecule has 1 nitrogen and oxygen atoms in total. The molecule has 0 saturated heterocycles. The summed E-state index contributed by atoms with van der Waals surface area (Å²) in [5.74, 6) is 0.638. The Bertz CT molecular complexity index is 1910. The lowest BCUT2D eigenvalue weighted by molar-refractivity contribution is 0.545. The second-order valence-corrected chi connectivity index (χ2v) is 11.4. The van der Waals surface area contributed by atoms with Crippen LogP contribution in [-0.4, -0.2) is 0 Å². The van der Waals surface area contributed by atoms with Crippen LogP contribution >= 0.6 is 0 Å². The number of hydrogen-bond acceptors (Lipinski definition) is 1. The summed E-state index contributed by atoms with van der Waals surface area (Å²) in [6.07, 6.45) is 3.77. The first-order valence-electron chi connectivity index (χ1n) is 13.9. The van der Waals surface area contributed by atoms with E-state index in [1.165, 1.54) is 74.6 Å². The molecule has 6 aromatic carbocycles.